The van der Waals surface area contributed by atoms with E-state index < -0.39 is 0 Å². The lowest BCUT2D eigenvalue weighted by Crippen LogP contribution is -2.22. The first kappa shape index (κ1) is 14.9. The summed E-state index contributed by atoms with van der Waals surface area (Å²) in [6, 6.07) is 0. The van der Waals surface area contributed by atoms with Gasteiger partial charge in [-0.15, -0.1) is 0 Å². The smallest absolute Gasteiger partial charge is 0.0700 e. The molecule has 2 unspecified atom stereocenters. The van der Waals surface area contributed by atoms with Crippen LogP contribution in [0.4, 0.5) is 0 Å². The highest BCUT2D eigenvalue weighted by Gasteiger charge is 2.25. The van der Waals surface area contributed by atoms with Crippen molar-refractivity contribution < 1.29 is 14.2 Å². The van der Waals surface area contributed by atoms with E-state index in [-0.39, 0.29) is 0 Å². The van der Waals surface area contributed by atoms with Crippen molar-refractivity contribution in [3.8, 4) is 0 Å². The quantitative estimate of drug-likeness (QED) is 0.592. The lowest BCUT2D eigenvalue weighted by atomic mass is 9.97. The summed E-state index contributed by atoms with van der Waals surface area (Å²) in [7, 11) is 1.68. The highest BCUT2D eigenvalue weighted by atomic mass is 16.5. The third-order valence-electron chi connectivity index (χ3n) is 3.46. The molecule has 0 radical (unpaired) electrons. The molecule has 0 aliphatic heterocycles. The Bertz CT molecular complexity index is 178. The Morgan fingerprint density at radius 3 is 2.53 bits per heavy atom. The van der Waals surface area contributed by atoms with E-state index in [9.17, 15) is 0 Å². The molecule has 0 spiro atoms. The highest BCUT2D eigenvalue weighted by Crippen LogP contribution is 2.30. The van der Waals surface area contributed by atoms with Crippen LogP contribution in [-0.2, 0) is 14.2 Å². The molecule has 0 aromatic heterocycles. The van der Waals surface area contributed by atoms with Crippen LogP contribution in [0.3, 0.4) is 0 Å². The van der Waals surface area contributed by atoms with Gasteiger partial charge in [0.1, 0.15) is 0 Å². The predicted octanol–water partition coefficient (Wildman–Crippen LogP) is 1.43. The van der Waals surface area contributed by atoms with Crippen LogP contribution in [0, 0.1) is 11.8 Å². The van der Waals surface area contributed by atoms with Gasteiger partial charge in [0.25, 0.3) is 0 Å². The summed E-state index contributed by atoms with van der Waals surface area (Å²) in [6.07, 6.45) is 4.84. The maximum Gasteiger partial charge on any atom is 0.0700 e. The van der Waals surface area contributed by atoms with E-state index in [1.165, 1.54) is 19.3 Å². The Morgan fingerprint density at radius 1 is 1.00 bits per heavy atom. The zero-order valence-electron chi connectivity index (χ0n) is 11.0. The molecule has 0 aromatic rings. The number of ether oxygens (including phenoxy) is 3. The van der Waals surface area contributed by atoms with Crippen LogP contribution >= 0.6 is 0 Å². The first-order valence-electron chi connectivity index (χ1n) is 6.73. The molecule has 2 atom stereocenters. The zero-order chi connectivity index (χ0) is 12.3. The Balaban J connectivity index is 1.87. The summed E-state index contributed by atoms with van der Waals surface area (Å²) in [4.78, 5) is 0. The van der Waals surface area contributed by atoms with Gasteiger partial charge in [-0.05, 0) is 37.6 Å². The van der Waals surface area contributed by atoms with Crippen LogP contribution in [0.15, 0.2) is 0 Å². The molecule has 0 aromatic carbocycles. The first-order chi connectivity index (χ1) is 8.38. The third kappa shape index (κ3) is 6.36. The van der Waals surface area contributed by atoms with Gasteiger partial charge in [0.15, 0.2) is 0 Å². The molecule has 0 bridgehead atoms. The first-order valence-corrected chi connectivity index (χ1v) is 6.73. The fraction of sp³-hybridized carbons (Fsp3) is 1.00. The summed E-state index contributed by atoms with van der Waals surface area (Å²) in [5, 5.41) is 0. The largest absolute Gasteiger partial charge is 0.382 e. The van der Waals surface area contributed by atoms with Crippen LogP contribution in [0.2, 0.25) is 0 Å². The van der Waals surface area contributed by atoms with Crippen molar-refractivity contribution >= 4 is 0 Å². The van der Waals surface area contributed by atoms with E-state index >= 15 is 0 Å². The lowest BCUT2D eigenvalue weighted by molar-refractivity contribution is 0.0411. The number of rotatable bonds is 10. The van der Waals surface area contributed by atoms with E-state index in [1.54, 1.807) is 7.11 Å². The van der Waals surface area contributed by atoms with Gasteiger partial charge >= 0.3 is 0 Å². The van der Waals surface area contributed by atoms with Crippen molar-refractivity contribution in [2.24, 2.45) is 17.6 Å². The summed E-state index contributed by atoms with van der Waals surface area (Å²) in [6.45, 7) is 4.58. The van der Waals surface area contributed by atoms with Crippen LogP contribution in [-0.4, -0.2) is 46.7 Å². The van der Waals surface area contributed by atoms with Crippen LogP contribution < -0.4 is 5.73 Å². The summed E-state index contributed by atoms with van der Waals surface area (Å²) in [5.41, 5.74) is 5.74. The minimum atomic E-state index is 0.668. The zero-order valence-corrected chi connectivity index (χ0v) is 11.0. The summed E-state index contributed by atoms with van der Waals surface area (Å²) >= 11 is 0. The van der Waals surface area contributed by atoms with Crippen molar-refractivity contribution in [1.29, 1.82) is 0 Å². The van der Waals surface area contributed by atoms with E-state index in [2.05, 4.69) is 0 Å². The third-order valence-corrected chi connectivity index (χ3v) is 3.46. The second-order valence-electron chi connectivity index (χ2n) is 4.72. The van der Waals surface area contributed by atoms with Gasteiger partial charge in [-0.2, -0.15) is 0 Å². The van der Waals surface area contributed by atoms with Gasteiger partial charge in [-0.3, -0.25) is 0 Å². The second-order valence-corrected chi connectivity index (χ2v) is 4.72. The maximum atomic E-state index is 5.74. The molecule has 1 rings (SSSR count). The highest BCUT2D eigenvalue weighted by molar-refractivity contribution is 4.77. The molecular weight excluding hydrogens is 218 g/mol. The van der Waals surface area contributed by atoms with Crippen LogP contribution in [0.5, 0.6) is 0 Å². The molecule has 4 heteroatoms. The van der Waals surface area contributed by atoms with Crippen LogP contribution in [0.25, 0.3) is 0 Å². The van der Waals surface area contributed by atoms with Crippen molar-refractivity contribution in [1.82, 2.24) is 0 Å². The average molecular weight is 245 g/mol. The topological polar surface area (TPSA) is 53.7 Å². The Kier molecular flexibility index (Phi) is 8.61. The minimum absolute atomic E-state index is 0.668. The fourth-order valence-electron chi connectivity index (χ4n) is 2.39. The normalized spacial score (nSPS) is 24.4. The lowest BCUT2D eigenvalue weighted by Gasteiger charge is -2.17. The molecule has 1 saturated carbocycles. The van der Waals surface area contributed by atoms with Crippen LogP contribution in [0.1, 0.15) is 25.7 Å². The second kappa shape index (κ2) is 9.83. The Hall–Kier alpha value is -0.160. The fourth-order valence-corrected chi connectivity index (χ4v) is 2.39. The number of hydrogen-bond donors (Lipinski definition) is 1. The Labute approximate surface area is 105 Å². The van der Waals surface area contributed by atoms with Gasteiger partial charge in [-0.1, -0.05) is 6.42 Å². The monoisotopic (exact) mass is 245 g/mol. The molecule has 17 heavy (non-hydrogen) atoms. The van der Waals surface area contributed by atoms with Crippen molar-refractivity contribution in [2.75, 3.05) is 46.7 Å². The molecule has 4 nitrogen and oxygen atoms in total. The summed E-state index contributed by atoms with van der Waals surface area (Å²) in [5.74, 6) is 1.38. The van der Waals surface area contributed by atoms with E-state index in [4.69, 9.17) is 19.9 Å². The van der Waals surface area contributed by atoms with Crippen molar-refractivity contribution in [3.05, 3.63) is 0 Å². The van der Waals surface area contributed by atoms with Gasteiger partial charge in [0.2, 0.25) is 0 Å². The standard InChI is InChI=1S/C13H27NO3/c1-15-8-9-16-6-3-7-17-11-13-5-2-4-12(13)10-14/h12-13H,2-11,14H2,1H3. The molecule has 2 N–H and O–H groups in total. The van der Waals surface area contributed by atoms with Gasteiger partial charge < -0.3 is 19.9 Å². The predicted molar refractivity (Wildman–Crippen MR) is 68.0 cm³/mol. The van der Waals surface area contributed by atoms with E-state index in [0.29, 0.717) is 25.0 Å². The molecular formula is C13H27NO3. The maximum absolute atomic E-state index is 5.74. The average Bonchev–Trinajstić information content (AvgIpc) is 2.80. The molecule has 1 aliphatic carbocycles. The van der Waals surface area contributed by atoms with Gasteiger partial charge in [0.05, 0.1) is 13.2 Å². The van der Waals surface area contributed by atoms with Gasteiger partial charge in [-0.25, -0.2) is 0 Å². The van der Waals surface area contributed by atoms with Crippen molar-refractivity contribution in [2.45, 2.75) is 25.7 Å². The molecule has 102 valence electrons. The molecule has 0 heterocycles. The van der Waals surface area contributed by atoms with E-state index in [1.807, 2.05) is 0 Å². The van der Waals surface area contributed by atoms with Crippen molar-refractivity contribution in [3.63, 3.8) is 0 Å². The molecule has 0 saturated heterocycles. The number of nitrogens with two attached hydrogens (primary N) is 1. The number of hydrogen-bond acceptors (Lipinski definition) is 4. The number of methoxy groups -OCH3 is 1. The SMILES string of the molecule is COCCOCCCOCC1CCCC1CN. The van der Waals surface area contributed by atoms with Gasteiger partial charge in [0, 0.05) is 26.9 Å². The molecule has 0 amide bonds. The molecule has 1 aliphatic rings. The summed E-state index contributed by atoms with van der Waals surface area (Å²) < 4.78 is 15.9. The molecule has 1 fully saturated rings. The Morgan fingerprint density at radius 2 is 1.76 bits per heavy atom. The minimum Gasteiger partial charge on any atom is -0.382 e. The van der Waals surface area contributed by atoms with E-state index in [0.717, 1.165) is 32.8 Å².